The maximum absolute atomic E-state index is 12.2. The van der Waals surface area contributed by atoms with Crippen molar-refractivity contribution >= 4 is 11.5 Å². The molecule has 11 nitrogen and oxygen atoms in total. The van der Waals surface area contributed by atoms with Gasteiger partial charge in [-0.05, 0) is 86.2 Å². The highest BCUT2D eigenvalue weighted by Crippen LogP contribution is 2.32. The van der Waals surface area contributed by atoms with Gasteiger partial charge in [0.1, 0.15) is 30.1 Å². The molecule has 3 aromatic rings. The van der Waals surface area contributed by atoms with Gasteiger partial charge in [-0.3, -0.25) is 4.57 Å². The van der Waals surface area contributed by atoms with E-state index >= 15 is 0 Å². The lowest BCUT2D eigenvalue weighted by molar-refractivity contribution is -0.389. The average molecular weight is 592 g/mol. The molecule has 2 aliphatic heterocycles. The molecule has 42 heavy (non-hydrogen) atoms. The Morgan fingerprint density at radius 2 is 1.71 bits per heavy atom. The minimum absolute atomic E-state index is 0.224. The predicted molar refractivity (Wildman–Crippen MR) is 146 cm³/mol. The smallest absolute Gasteiger partial charge is 0.494 e. The van der Waals surface area contributed by atoms with Crippen LogP contribution in [0.5, 0.6) is 23.3 Å². The van der Waals surface area contributed by atoms with E-state index in [1.807, 2.05) is 31.2 Å². The summed E-state index contributed by atoms with van der Waals surface area (Å²) in [4.78, 5) is 16.6. The summed E-state index contributed by atoms with van der Waals surface area (Å²) in [5, 5.41) is 14.5. The van der Waals surface area contributed by atoms with Crippen molar-refractivity contribution < 1.29 is 37.0 Å². The van der Waals surface area contributed by atoms with Crippen molar-refractivity contribution in [3.63, 3.8) is 0 Å². The fourth-order valence-electron chi connectivity index (χ4n) is 4.99. The number of hydrogen-bond donors (Lipinski definition) is 1. The number of aromatic nitrogens is 2. The van der Waals surface area contributed by atoms with E-state index in [2.05, 4.69) is 19.9 Å². The van der Waals surface area contributed by atoms with Gasteiger partial charge in [-0.25, -0.2) is 0 Å². The molecule has 5 rings (SSSR count). The van der Waals surface area contributed by atoms with Crippen molar-refractivity contribution in [1.82, 2.24) is 14.9 Å². The second-order valence-electron chi connectivity index (χ2n) is 10.5. The SMILES string of the molecule is CC1(COc2ccc(N3CCC(NCCCOc4ccc(OC(F)(F)F)cc4)CC3)cc2)Cn2cc([N+](=O)[O-])nc2O1. The number of rotatable bonds is 12. The largest absolute Gasteiger partial charge is 0.573 e. The molecule has 0 spiro atoms. The van der Waals surface area contributed by atoms with E-state index in [0.29, 0.717) is 30.7 Å². The molecular weight excluding hydrogens is 559 g/mol. The van der Waals surface area contributed by atoms with Gasteiger partial charge in [-0.2, -0.15) is 0 Å². The summed E-state index contributed by atoms with van der Waals surface area (Å²) < 4.78 is 59.6. The summed E-state index contributed by atoms with van der Waals surface area (Å²) in [6.07, 6.45) is -0.561. The van der Waals surface area contributed by atoms with Gasteiger partial charge in [0, 0.05) is 29.8 Å². The molecule has 0 aliphatic carbocycles. The van der Waals surface area contributed by atoms with E-state index < -0.39 is 16.9 Å². The second kappa shape index (κ2) is 12.3. The summed E-state index contributed by atoms with van der Waals surface area (Å²) in [6, 6.07) is 13.9. The van der Waals surface area contributed by atoms with E-state index in [1.165, 1.54) is 30.5 Å². The Balaban J connectivity index is 0.968. The normalized spacial score (nSPS) is 18.8. The molecule has 14 heteroatoms. The molecule has 3 heterocycles. The first-order chi connectivity index (χ1) is 20.1. The van der Waals surface area contributed by atoms with Crippen LogP contribution in [0.1, 0.15) is 26.2 Å². The van der Waals surface area contributed by atoms with Gasteiger partial charge < -0.3 is 39.3 Å². The number of nitro groups is 1. The number of nitrogens with one attached hydrogen (secondary N) is 1. The number of piperidine rings is 1. The number of hydrogen-bond acceptors (Lipinski definition) is 9. The number of nitrogens with zero attached hydrogens (tertiary/aromatic N) is 4. The summed E-state index contributed by atoms with van der Waals surface area (Å²) in [6.45, 7) is 5.65. The van der Waals surface area contributed by atoms with Gasteiger partial charge >= 0.3 is 18.2 Å². The molecule has 1 saturated heterocycles. The molecule has 2 aromatic carbocycles. The molecule has 1 fully saturated rings. The molecule has 0 saturated carbocycles. The summed E-state index contributed by atoms with van der Waals surface area (Å²) in [5.41, 5.74) is 0.453. The van der Waals surface area contributed by atoms with Crippen molar-refractivity contribution in [3.8, 4) is 23.3 Å². The summed E-state index contributed by atoms with van der Waals surface area (Å²) >= 11 is 0. The lowest BCUT2D eigenvalue weighted by atomic mass is 10.0. The number of anilines is 1. The van der Waals surface area contributed by atoms with Crippen molar-refractivity contribution in [3.05, 3.63) is 64.8 Å². The molecule has 1 unspecified atom stereocenters. The third-order valence-corrected chi connectivity index (χ3v) is 7.08. The van der Waals surface area contributed by atoms with Crippen LogP contribution in [0.3, 0.4) is 0 Å². The van der Waals surface area contributed by atoms with Crippen molar-refractivity contribution in [2.75, 3.05) is 37.7 Å². The quantitative estimate of drug-likeness (QED) is 0.178. The van der Waals surface area contributed by atoms with E-state index in [1.54, 1.807) is 4.57 Å². The third-order valence-electron chi connectivity index (χ3n) is 7.08. The molecule has 0 amide bonds. The Bertz CT molecular complexity index is 1320. The van der Waals surface area contributed by atoms with Crippen molar-refractivity contribution in [1.29, 1.82) is 0 Å². The zero-order chi connectivity index (χ0) is 29.7. The van der Waals surface area contributed by atoms with Crippen LogP contribution in [0.25, 0.3) is 0 Å². The third kappa shape index (κ3) is 7.75. The highest BCUT2D eigenvalue weighted by atomic mass is 19.4. The Kier molecular flexibility index (Phi) is 8.61. The average Bonchev–Trinajstić information content (AvgIpc) is 3.48. The topological polar surface area (TPSA) is 113 Å². The molecule has 2 aliphatic rings. The lowest BCUT2D eigenvalue weighted by Crippen LogP contribution is -2.43. The van der Waals surface area contributed by atoms with Crippen LogP contribution >= 0.6 is 0 Å². The standard InChI is InChI=1S/C28H32F3N5O6/c1-27(18-35-17-25(36(37)38)33-26(35)42-27)19-40-23-5-3-21(4-6-23)34-14-11-20(12-15-34)32-13-2-16-39-22-7-9-24(10-8-22)41-28(29,30)31/h3-10,17,20,32H,2,11-16,18-19H2,1H3. The molecule has 1 aromatic heterocycles. The van der Waals surface area contributed by atoms with Gasteiger partial charge in [-0.15, -0.1) is 13.2 Å². The van der Waals surface area contributed by atoms with Crippen LogP contribution in [-0.2, 0) is 6.54 Å². The van der Waals surface area contributed by atoms with Crippen LogP contribution < -0.4 is 29.2 Å². The number of halogens is 3. The molecule has 226 valence electrons. The number of fused-ring (bicyclic) bond motifs is 1. The van der Waals surface area contributed by atoms with Crippen LogP contribution in [-0.4, -0.2) is 65.3 Å². The fourth-order valence-corrected chi connectivity index (χ4v) is 4.99. The van der Waals surface area contributed by atoms with Crippen LogP contribution in [0.2, 0.25) is 0 Å². The zero-order valence-electron chi connectivity index (χ0n) is 23.0. The maximum atomic E-state index is 12.2. The van der Waals surface area contributed by atoms with Gasteiger partial charge in [0.25, 0.3) is 0 Å². The Morgan fingerprint density at radius 3 is 2.36 bits per heavy atom. The maximum Gasteiger partial charge on any atom is 0.573 e. The van der Waals surface area contributed by atoms with Gasteiger partial charge in [0.05, 0.1) is 13.2 Å². The molecule has 1 atom stereocenters. The van der Waals surface area contributed by atoms with E-state index in [4.69, 9.17) is 14.2 Å². The minimum atomic E-state index is -4.71. The van der Waals surface area contributed by atoms with Gasteiger partial charge in [-0.1, -0.05) is 0 Å². The zero-order valence-corrected chi connectivity index (χ0v) is 23.0. The monoisotopic (exact) mass is 591 g/mol. The number of alkyl halides is 3. The highest BCUT2D eigenvalue weighted by molar-refractivity contribution is 5.49. The Hall–Kier alpha value is -4.20. The lowest BCUT2D eigenvalue weighted by Gasteiger charge is -2.34. The first-order valence-electron chi connectivity index (χ1n) is 13.7. The van der Waals surface area contributed by atoms with Gasteiger partial charge in [0.15, 0.2) is 5.60 Å². The van der Waals surface area contributed by atoms with Crippen LogP contribution in [0, 0.1) is 10.1 Å². The molecule has 0 radical (unpaired) electrons. The molecule has 0 bridgehead atoms. The summed E-state index contributed by atoms with van der Waals surface area (Å²) in [5.74, 6) is 0.699. The minimum Gasteiger partial charge on any atom is -0.494 e. The van der Waals surface area contributed by atoms with E-state index in [-0.39, 0.29) is 24.2 Å². The number of benzene rings is 2. The predicted octanol–water partition coefficient (Wildman–Crippen LogP) is 4.95. The Morgan fingerprint density at radius 1 is 1.07 bits per heavy atom. The van der Waals surface area contributed by atoms with Crippen molar-refractivity contribution in [2.24, 2.45) is 0 Å². The molecular formula is C28H32F3N5O6. The van der Waals surface area contributed by atoms with Crippen LogP contribution in [0.15, 0.2) is 54.7 Å². The fraction of sp³-hybridized carbons (Fsp3) is 0.464. The first kappa shape index (κ1) is 29.3. The van der Waals surface area contributed by atoms with E-state index in [0.717, 1.165) is 44.6 Å². The Labute approximate surface area is 240 Å². The van der Waals surface area contributed by atoms with Crippen LogP contribution in [0.4, 0.5) is 24.7 Å². The van der Waals surface area contributed by atoms with E-state index in [9.17, 15) is 23.3 Å². The number of ether oxygens (including phenoxy) is 4. The van der Waals surface area contributed by atoms with Crippen molar-refractivity contribution in [2.45, 2.75) is 50.7 Å². The number of imidazole rings is 1. The van der Waals surface area contributed by atoms with Gasteiger partial charge in [0.2, 0.25) is 0 Å². The highest BCUT2D eigenvalue weighted by Gasteiger charge is 2.41. The second-order valence-corrected chi connectivity index (χ2v) is 10.5. The first-order valence-corrected chi connectivity index (χ1v) is 13.7. The molecule has 1 N–H and O–H groups in total. The summed E-state index contributed by atoms with van der Waals surface area (Å²) in [7, 11) is 0.